The third-order valence-corrected chi connectivity index (χ3v) is 12.8. The Morgan fingerprint density at radius 3 is 1.31 bits per heavy atom. The first-order valence-electron chi connectivity index (χ1n) is 23.5. The molecule has 8 nitrogen and oxygen atoms in total. The van der Waals surface area contributed by atoms with Gasteiger partial charge in [-0.25, -0.2) is 0 Å². The number of nitrogens with zero attached hydrogens (tertiary/aromatic N) is 4. The van der Waals surface area contributed by atoms with Crippen LogP contribution in [0.25, 0.3) is 55.2 Å². The predicted molar refractivity (Wildman–Crippen MR) is 283 cm³/mol. The minimum atomic E-state index is -0.214. The second-order valence-corrected chi connectivity index (χ2v) is 17.1. The first-order valence-corrected chi connectivity index (χ1v) is 23.5. The van der Waals surface area contributed by atoms with Gasteiger partial charge in [0.1, 0.15) is 0 Å². The highest BCUT2D eigenvalue weighted by Gasteiger charge is 2.18. The molecule has 342 valence electrons. The number of hydrogen-bond donors (Lipinski definition) is 0. The van der Waals surface area contributed by atoms with Gasteiger partial charge in [0.25, 0.3) is 6.47 Å². The minimum absolute atomic E-state index is 0.214. The van der Waals surface area contributed by atoms with Crippen LogP contribution in [0.4, 0.5) is 34.1 Å². The highest BCUT2D eigenvalue weighted by molar-refractivity contribution is 6.00. The molecule has 10 aromatic rings. The lowest BCUT2D eigenvalue weighted by atomic mass is 10.0. The van der Waals surface area contributed by atoms with Crippen molar-refractivity contribution in [1.29, 1.82) is 0 Å². The van der Waals surface area contributed by atoms with E-state index in [-0.39, 0.29) is 5.97 Å². The monoisotopic (exact) mass is 914 g/mol. The van der Waals surface area contributed by atoms with Crippen molar-refractivity contribution in [3.63, 3.8) is 0 Å². The molecule has 0 fully saturated rings. The average molecular weight is 915 g/mol. The predicted octanol–water partition coefficient (Wildman–Crippen LogP) is 14.9. The first-order chi connectivity index (χ1) is 34.5. The normalized spacial score (nSPS) is 11.0. The number of ether oxygens (including phenoxy) is 2. The van der Waals surface area contributed by atoms with Crippen LogP contribution in [0, 0.1) is 0 Å². The molecule has 0 saturated heterocycles. The largest absolute Gasteiger partial charge is 0.469 e. The molecule has 70 heavy (non-hydrogen) atoms. The Balaban J connectivity index is 0.863. The quantitative estimate of drug-likeness (QED) is 0.0507. The van der Waals surface area contributed by atoms with E-state index < -0.39 is 0 Å². The van der Waals surface area contributed by atoms with Crippen LogP contribution in [0.3, 0.4) is 0 Å². The summed E-state index contributed by atoms with van der Waals surface area (Å²) >= 11 is 0. The molecule has 0 amide bonds. The summed E-state index contributed by atoms with van der Waals surface area (Å²) in [6, 6.07) is 72.2. The van der Waals surface area contributed by atoms with Crippen molar-refractivity contribution in [3.05, 3.63) is 230 Å². The number of rotatable bonds is 17. The molecule has 0 saturated carbocycles. The maximum atomic E-state index is 11.8. The standard InChI is InChI=1S/C62H50N4O4/c1-69-62(68)39-22-45-20-31-53(32-21-45)66(61-17-7-13-49-11-3-5-15-57(49)61)55-35-25-47(26-36-55)51-28-38-59(64-42-51)58-37-27-50(41-63-58)46-23-33-54(34-24-46)65(60-16-6-12-48-10-2-4-14-56(48)60)52-29-18-44(19-30-52)9-8-40-70-43-67/h2-7,10-21,23-38,41-43H,8-9,22,39-40H2,1H3. The molecule has 8 heteroatoms. The Hall–Kier alpha value is -8.88. The molecule has 0 radical (unpaired) electrons. The molecule has 2 heterocycles. The zero-order valence-corrected chi connectivity index (χ0v) is 38.8. The van der Waals surface area contributed by atoms with Crippen LogP contribution < -0.4 is 9.80 Å². The Morgan fingerprint density at radius 1 is 0.471 bits per heavy atom. The van der Waals surface area contributed by atoms with Crippen molar-refractivity contribution in [2.24, 2.45) is 0 Å². The fourth-order valence-electron chi connectivity index (χ4n) is 9.08. The summed E-state index contributed by atoms with van der Waals surface area (Å²) in [6.07, 6.45) is 6.39. The maximum Gasteiger partial charge on any atom is 0.305 e. The van der Waals surface area contributed by atoms with Crippen LogP contribution in [0.1, 0.15) is 24.0 Å². The Kier molecular flexibility index (Phi) is 13.5. The van der Waals surface area contributed by atoms with Gasteiger partial charge < -0.3 is 19.3 Å². The summed E-state index contributed by atoms with van der Waals surface area (Å²) in [4.78, 5) is 36.7. The number of anilines is 6. The first kappa shape index (κ1) is 44.9. The summed E-state index contributed by atoms with van der Waals surface area (Å²) < 4.78 is 9.76. The Labute approximate surface area is 408 Å². The number of methoxy groups -OCH3 is 1. The van der Waals surface area contributed by atoms with Gasteiger partial charge in [0.15, 0.2) is 0 Å². The van der Waals surface area contributed by atoms with E-state index in [1.54, 1.807) is 0 Å². The molecule has 0 aliphatic rings. The number of fused-ring (bicyclic) bond motifs is 2. The SMILES string of the molecule is COC(=O)CCc1ccc(N(c2ccc(-c3ccc(-c4ccc(-c5ccc(N(c6ccc(CCCOC=O)cc6)c6cccc7ccccc67)cc5)cn4)nc3)cc2)c2cccc3ccccc23)cc1. The molecule has 0 atom stereocenters. The molecule has 0 N–H and O–H groups in total. The molecule has 0 unspecified atom stereocenters. The van der Waals surface area contributed by atoms with Crippen molar-refractivity contribution < 1.29 is 19.1 Å². The fraction of sp³-hybridized carbons (Fsp3) is 0.0968. The number of pyridine rings is 2. The van der Waals surface area contributed by atoms with E-state index in [2.05, 4.69) is 204 Å². The highest BCUT2D eigenvalue weighted by Crippen LogP contribution is 2.41. The van der Waals surface area contributed by atoms with E-state index in [0.29, 0.717) is 25.9 Å². The van der Waals surface area contributed by atoms with E-state index >= 15 is 0 Å². The van der Waals surface area contributed by atoms with Crippen LogP contribution in [0.5, 0.6) is 0 Å². The van der Waals surface area contributed by atoms with Gasteiger partial charge in [-0.3, -0.25) is 19.6 Å². The van der Waals surface area contributed by atoms with E-state index in [1.165, 1.54) is 18.1 Å². The molecular weight excluding hydrogens is 865 g/mol. The lowest BCUT2D eigenvalue weighted by Crippen LogP contribution is -2.10. The average Bonchev–Trinajstić information content (AvgIpc) is 3.43. The molecule has 0 aliphatic carbocycles. The van der Waals surface area contributed by atoms with Crippen molar-refractivity contribution in [1.82, 2.24) is 9.97 Å². The molecule has 2 aromatic heterocycles. The van der Waals surface area contributed by atoms with E-state index in [1.807, 2.05) is 24.5 Å². The van der Waals surface area contributed by atoms with Gasteiger partial charge in [0.2, 0.25) is 0 Å². The van der Waals surface area contributed by atoms with Gasteiger partial charge in [0.05, 0.1) is 36.5 Å². The van der Waals surface area contributed by atoms with E-state index in [4.69, 9.17) is 19.4 Å². The van der Waals surface area contributed by atoms with Gasteiger partial charge >= 0.3 is 5.97 Å². The number of hydrogen-bond acceptors (Lipinski definition) is 8. The molecular formula is C62H50N4O4. The number of carbonyl (C=O) groups is 2. The van der Waals surface area contributed by atoms with Crippen LogP contribution in [-0.4, -0.2) is 36.1 Å². The van der Waals surface area contributed by atoms with Crippen molar-refractivity contribution in [2.75, 3.05) is 23.5 Å². The second kappa shape index (κ2) is 21.0. The van der Waals surface area contributed by atoms with Crippen molar-refractivity contribution >= 4 is 68.1 Å². The minimum Gasteiger partial charge on any atom is -0.469 e. The van der Waals surface area contributed by atoms with Gasteiger partial charge in [-0.1, -0.05) is 133 Å². The number of esters is 1. The zero-order valence-electron chi connectivity index (χ0n) is 38.8. The molecule has 0 bridgehead atoms. The smallest absolute Gasteiger partial charge is 0.305 e. The van der Waals surface area contributed by atoms with Crippen LogP contribution in [0.15, 0.2) is 219 Å². The van der Waals surface area contributed by atoms with Gasteiger partial charge in [-0.15, -0.1) is 0 Å². The molecule has 10 rings (SSSR count). The highest BCUT2D eigenvalue weighted by atomic mass is 16.5. The van der Waals surface area contributed by atoms with Crippen LogP contribution in [0.2, 0.25) is 0 Å². The van der Waals surface area contributed by atoms with E-state index in [0.717, 1.165) is 102 Å². The summed E-state index contributed by atoms with van der Waals surface area (Å²) in [6.45, 7) is 0.915. The molecule has 8 aromatic carbocycles. The Bertz CT molecular complexity index is 3370. The van der Waals surface area contributed by atoms with Gasteiger partial charge in [-0.2, -0.15) is 0 Å². The topological polar surface area (TPSA) is 84.9 Å². The van der Waals surface area contributed by atoms with Crippen molar-refractivity contribution in [3.8, 4) is 33.6 Å². The maximum absolute atomic E-state index is 11.8. The lowest BCUT2D eigenvalue weighted by molar-refractivity contribution is -0.140. The molecule has 0 spiro atoms. The van der Waals surface area contributed by atoms with E-state index in [9.17, 15) is 9.59 Å². The number of benzene rings is 8. The number of aryl methyl sites for hydroxylation is 2. The summed E-state index contributed by atoms with van der Waals surface area (Å²) in [5, 5.41) is 4.65. The summed E-state index contributed by atoms with van der Waals surface area (Å²) in [7, 11) is 1.42. The van der Waals surface area contributed by atoms with Gasteiger partial charge in [-0.05, 0) is 125 Å². The fourth-order valence-corrected chi connectivity index (χ4v) is 9.08. The second-order valence-electron chi connectivity index (χ2n) is 17.1. The Morgan fingerprint density at radius 2 is 0.886 bits per heavy atom. The van der Waals surface area contributed by atoms with Crippen LogP contribution in [-0.2, 0) is 31.9 Å². The summed E-state index contributed by atoms with van der Waals surface area (Å²) in [5.74, 6) is -0.214. The van der Waals surface area contributed by atoms with Crippen molar-refractivity contribution in [2.45, 2.75) is 25.7 Å². The number of carbonyl (C=O) groups excluding carboxylic acids is 2. The van der Waals surface area contributed by atoms with Gasteiger partial charge in [0, 0.05) is 63.5 Å². The zero-order chi connectivity index (χ0) is 47.7. The molecule has 0 aliphatic heterocycles. The number of aromatic nitrogens is 2. The summed E-state index contributed by atoms with van der Waals surface area (Å²) in [5.41, 5.74) is 14.3. The lowest BCUT2D eigenvalue weighted by Gasteiger charge is -2.27. The van der Waals surface area contributed by atoms with Crippen LogP contribution >= 0.6 is 0 Å². The third-order valence-electron chi connectivity index (χ3n) is 12.8. The third kappa shape index (κ3) is 9.89.